The van der Waals surface area contributed by atoms with Crippen molar-refractivity contribution in [1.82, 2.24) is 4.90 Å². The van der Waals surface area contributed by atoms with Crippen LogP contribution < -0.4 is 15.2 Å². The van der Waals surface area contributed by atoms with Crippen molar-refractivity contribution in [2.24, 2.45) is 0 Å². The second-order valence-electron chi connectivity index (χ2n) is 4.01. The van der Waals surface area contributed by atoms with Gasteiger partial charge in [0.05, 0.1) is 32.1 Å². The molecule has 1 aromatic rings. The maximum Gasteiger partial charge on any atom is 0.256 e. The maximum absolute atomic E-state index is 12.3. The highest BCUT2D eigenvalue weighted by atomic mass is 16.5. The van der Waals surface area contributed by atoms with Crippen molar-refractivity contribution < 1.29 is 19.0 Å². The van der Waals surface area contributed by atoms with E-state index >= 15 is 0 Å². The van der Waals surface area contributed by atoms with E-state index in [1.807, 2.05) is 0 Å². The second kappa shape index (κ2) is 6.84. The molecule has 2 N–H and O–H groups in total. The summed E-state index contributed by atoms with van der Waals surface area (Å²) in [6, 6.07) is 3.24. The largest absolute Gasteiger partial charge is 0.497 e. The van der Waals surface area contributed by atoms with Crippen molar-refractivity contribution in [3.05, 3.63) is 17.7 Å². The van der Waals surface area contributed by atoms with E-state index in [1.54, 1.807) is 26.3 Å². The first-order valence-electron chi connectivity index (χ1n) is 5.81. The van der Waals surface area contributed by atoms with Crippen LogP contribution >= 0.6 is 0 Å². The number of hydrogen-bond acceptors (Lipinski definition) is 5. The van der Waals surface area contributed by atoms with Gasteiger partial charge in [-0.3, -0.25) is 4.79 Å². The summed E-state index contributed by atoms with van der Waals surface area (Å²) in [5.41, 5.74) is 6.59. The zero-order valence-electron chi connectivity index (χ0n) is 11.7. The molecule has 0 radical (unpaired) electrons. The summed E-state index contributed by atoms with van der Waals surface area (Å²) >= 11 is 0. The highest BCUT2D eigenvalue weighted by molar-refractivity contribution is 6.00. The van der Waals surface area contributed by atoms with Crippen molar-refractivity contribution in [3.63, 3.8) is 0 Å². The molecular formula is C13H20N2O4. The number of carbonyl (C=O) groups excluding carboxylic acids is 1. The van der Waals surface area contributed by atoms with Crippen LogP contribution in [0.4, 0.5) is 5.69 Å². The fourth-order valence-corrected chi connectivity index (χ4v) is 1.60. The van der Waals surface area contributed by atoms with Crippen molar-refractivity contribution in [3.8, 4) is 11.5 Å². The Kier molecular flexibility index (Phi) is 5.44. The van der Waals surface area contributed by atoms with Gasteiger partial charge >= 0.3 is 0 Å². The summed E-state index contributed by atoms with van der Waals surface area (Å²) in [4.78, 5) is 13.8. The van der Waals surface area contributed by atoms with E-state index in [-0.39, 0.29) is 5.91 Å². The number of nitrogens with two attached hydrogens (primary N) is 1. The molecule has 106 valence electrons. The van der Waals surface area contributed by atoms with E-state index < -0.39 is 0 Å². The molecule has 0 bridgehead atoms. The number of amides is 1. The molecule has 1 rings (SSSR count). The van der Waals surface area contributed by atoms with Crippen LogP contribution in [0.2, 0.25) is 0 Å². The van der Waals surface area contributed by atoms with Crippen molar-refractivity contribution in [2.75, 3.05) is 47.3 Å². The number of benzene rings is 1. The van der Waals surface area contributed by atoms with Crippen LogP contribution in [0.5, 0.6) is 11.5 Å². The molecule has 1 aromatic carbocycles. The van der Waals surface area contributed by atoms with E-state index in [0.717, 1.165) is 0 Å². The molecule has 0 fully saturated rings. The molecule has 0 aliphatic heterocycles. The van der Waals surface area contributed by atoms with Gasteiger partial charge in [0.1, 0.15) is 11.5 Å². The Hall–Kier alpha value is -1.95. The van der Waals surface area contributed by atoms with Crippen molar-refractivity contribution in [2.45, 2.75) is 0 Å². The van der Waals surface area contributed by atoms with Crippen LogP contribution in [0.15, 0.2) is 12.1 Å². The number of ether oxygens (including phenoxy) is 3. The Balaban J connectivity index is 3.07. The van der Waals surface area contributed by atoms with Crippen LogP contribution in [-0.2, 0) is 4.74 Å². The minimum absolute atomic E-state index is 0.202. The van der Waals surface area contributed by atoms with Crippen LogP contribution in [0.1, 0.15) is 10.4 Å². The average molecular weight is 268 g/mol. The molecule has 0 aliphatic rings. The lowest BCUT2D eigenvalue weighted by molar-refractivity contribution is 0.0744. The maximum atomic E-state index is 12.3. The van der Waals surface area contributed by atoms with E-state index in [4.69, 9.17) is 19.9 Å². The molecule has 19 heavy (non-hydrogen) atoms. The SMILES string of the molecule is COCCN(C)C(=O)c1cc(OC)cc(OC)c1N. The first-order chi connectivity index (χ1) is 9.04. The minimum Gasteiger partial charge on any atom is -0.497 e. The molecule has 6 heteroatoms. The normalized spacial score (nSPS) is 10.1. The fraction of sp³-hybridized carbons (Fsp3) is 0.462. The van der Waals surface area contributed by atoms with Gasteiger partial charge in [-0.1, -0.05) is 0 Å². The van der Waals surface area contributed by atoms with E-state index in [1.165, 1.54) is 19.1 Å². The lowest BCUT2D eigenvalue weighted by Crippen LogP contribution is -2.30. The number of rotatable bonds is 6. The summed E-state index contributed by atoms with van der Waals surface area (Å²) in [7, 11) is 6.29. The molecular weight excluding hydrogens is 248 g/mol. The standard InChI is InChI=1S/C13H20N2O4/c1-15(5-6-17-2)13(16)10-7-9(18-3)8-11(19-4)12(10)14/h7-8H,5-6,14H2,1-4H3. The van der Waals surface area contributed by atoms with Crippen molar-refractivity contribution in [1.29, 1.82) is 0 Å². The van der Waals surface area contributed by atoms with Gasteiger partial charge in [0.15, 0.2) is 0 Å². The molecule has 0 aromatic heterocycles. The summed E-state index contributed by atoms with van der Waals surface area (Å²) in [5, 5.41) is 0. The highest BCUT2D eigenvalue weighted by Crippen LogP contribution is 2.31. The number of nitrogen functional groups attached to an aromatic ring is 1. The van der Waals surface area contributed by atoms with Crippen LogP contribution in [0, 0.1) is 0 Å². The van der Waals surface area contributed by atoms with Gasteiger partial charge in [0.2, 0.25) is 0 Å². The third kappa shape index (κ3) is 3.51. The van der Waals surface area contributed by atoms with Gasteiger partial charge in [-0.15, -0.1) is 0 Å². The zero-order chi connectivity index (χ0) is 14.4. The third-order valence-electron chi connectivity index (χ3n) is 2.78. The van der Waals surface area contributed by atoms with E-state index in [9.17, 15) is 4.79 Å². The van der Waals surface area contributed by atoms with Gasteiger partial charge < -0.3 is 24.8 Å². The summed E-state index contributed by atoms with van der Waals surface area (Å²) in [5.74, 6) is 0.740. The molecule has 0 unspecified atom stereocenters. The predicted molar refractivity (Wildman–Crippen MR) is 72.8 cm³/mol. The Bertz CT molecular complexity index is 449. The van der Waals surface area contributed by atoms with Crippen molar-refractivity contribution >= 4 is 11.6 Å². The molecule has 0 aliphatic carbocycles. The molecule has 0 saturated carbocycles. The second-order valence-corrected chi connectivity index (χ2v) is 4.01. The topological polar surface area (TPSA) is 74.0 Å². The molecule has 0 heterocycles. The van der Waals surface area contributed by atoms with Gasteiger partial charge in [-0.05, 0) is 6.07 Å². The van der Waals surface area contributed by atoms with E-state index in [2.05, 4.69) is 0 Å². The Labute approximate surface area is 113 Å². The lowest BCUT2D eigenvalue weighted by Gasteiger charge is -2.19. The summed E-state index contributed by atoms with van der Waals surface area (Å²) in [6.07, 6.45) is 0. The summed E-state index contributed by atoms with van der Waals surface area (Å²) in [6.45, 7) is 0.942. The lowest BCUT2D eigenvalue weighted by atomic mass is 10.1. The number of methoxy groups -OCH3 is 3. The average Bonchev–Trinajstić information content (AvgIpc) is 2.44. The smallest absolute Gasteiger partial charge is 0.256 e. The predicted octanol–water partition coefficient (Wildman–Crippen LogP) is 1.00. The number of carbonyl (C=O) groups is 1. The monoisotopic (exact) mass is 268 g/mol. The van der Waals surface area contributed by atoms with Gasteiger partial charge in [-0.25, -0.2) is 0 Å². The highest BCUT2D eigenvalue weighted by Gasteiger charge is 2.19. The quantitative estimate of drug-likeness (QED) is 0.779. The van der Waals surface area contributed by atoms with Gasteiger partial charge in [0.25, 0.3) is 5.91 Å². The molecule has 0 spiro atoms. The summed E-state index contributed by atoms with van der Waals surface area (Å²) < 4.78 is 15.2. The van der Waals surface area contributed by atoms with E-state index in [0.29, 0.717) is 35.9 Å². The Morgan fingerprint density at radius 2 is 1.95 bits per heavy atom. The Morgan fingerprint density at radius 3 is 2.47 bits per heavy atom. The molecule has 0 saturated heterocycles. The number of anilines is 1. The fourth-order valence-electron chi connectivity index (χ4n) is 1.60. The first-order valence-corrected chi connectivity index (χ1v) is 5.81. The van der Waals surface area contributed by atoms with Crippen LogP contribution in [0.3, 0.4) is 0 Å². The molecule has 6 nitrogen and oxygen atoms in total. The number of likely N-dealkylation sites (N-methyl/N-ethyl adjacent to an activating group) is 1. The Morgan fingerprint density at radius 1 is 1.26 bits per heavy atom. The zero-order valence-corrected chi connectivity index (χ0v) is 11.7. The molecule has 1 amide bonds. The van der Waals surface area contributed by atoms with Crippen LogP contribution in [0.25, 0.3) is 0 Å². The number of nitrogens with zero attached hydrogens (tertiary/aromatic N) is 1. The third-order valence-corrected chi connectivity index (χ3v) is 2.78. The minimum atomic E-state index is -0.202. The molecule has 0 atom stereocenters. The number of hydrogen-bond donors (Lipinski definition) is 1. The van der Waals surface area contributed by atoms with Gasteiger partial charge in [0, 0.05) is 26.8 Å². The first kappa shape index (κ1) is 15.1. The van der Waals surface area contributed by atoms with Gasteiger partial charge in [-0.2, -0.15) is 0 Å². The van der Waals surface area contributed by atoms with Crippen LogP contribution in [-0.4, -0.2) is 52.3 Å².